The molecule has 3 rings (SSSR count). The number of aryl methyl sites for hydroxylation is 1. The van der Waals surface area contributed by atoms with Crippen LogP contribution < -0.4 is 16.0 Å². The summed E-state index contributed by atoms with van der Waals surface area (Å²) in [5, 5.41) is 3.44. The van der Waals surface area contributed by atoms with Crippen molar-refractivity contribution < 1.29 is 4.79 Å². The molecule has 1 unspecified atom stereocenters. The summed E-state index contributed by atoms with van der Waals surface area (Å²) in [5.74, 6) is 2.15. The molecule has 2 aliphatic heterocycles. The maximum absolute atomic E-state index is 11.3. The molecule has 2 aliphatic rings. The Hall–Kier alpha value is -1.69. The van der Waals surface area contributed by atoms with E-state index in [2.05, 4.69) is 26.3 Å². The van der Waals surface area contributed by atoms with E-state index < -0.39 is 0 Å². The Kier molecular flexibility index (Phi) is 4.57. The van der Waals surface area contributed by atoms with Gasteiger partial charge < -0.3 is 16.0 Å². The average molecular weight is 303 g/mol. The first-order chi connectivity index (χ1) is 10.6. The number of anilines is 1. The van der Waals surface area contributed by atoms with Gasteiger partial charge in [-0.05, 0) is 39.2 Å². The van der Waals surface area contributed by atoms with Gasteiger partial charge in [-0.1, -0.05) is 0 Å². The highest BCUT2D eigenvalue weighted by Crippen LogP contribution is 2.27. The highest BCUT2D eigenvalue weighted by Gasteiger charge is 2.25. The Morgan fingerprint density at radius 1 is 1.32 bits per heavy atom. The van der Waals surface area contributed by atoms with Crippen molar-refractivity contribution in [2.24, 2.45) is 11.7 Å². The number of rotatable bonds is 3. The van der Waals surface area contributed by atoms with Gasteiger partial charge in [-0.3, -0.25) is 4.79 Å². The third-order valence-corrected chi connectivity index (χ3v) is 4.78. The molecule has 0 aromatic carbocycles. The SMILES string of the molecule is Cc1nc(C2CCCNC2)cc(N2CCC(C(N)=O)CC2)n1. The van der Waals surface area contributed by atoms with E-state index in [0.29, 0.717) is 5.92 Å². The molecule has 6 nitrogen and oxygen atoms in total. The number of nitrogens with two attached hydrogens (primary N) is 1. The smallest absolute Gasteiger partial charge is 0.220 e. The fourth-order valence-corrected chi connectivity index (χ4v) is 3.44. The van der Waals surface area contributed by atoms with Crippen molar-refractivity contribution in [2.45, 2.75) is 38.5 Å². The molecular formula is C16H25N5O. The van der Waals surface area contributed by atoms with Gasteiger partial charge in [0.25, 0.3) is 0 Å². The molecule has 120 valence electrons. The van der Waals surface area contributed by atoms with Crippen molar-refractivity contribution in [3.8, 4) is 0 Å². The van der Waals surface area contributed by atoms with Gasteiger partial charge in [-0.25, -0.2) is 9.97 Å². The second-order valence-corrected chi connectivity index (χ2v) is 6.41. The number of hydrogen-bond donors (Lipinski definition) is 2. The summed E-state index contributed by atoms with van der Waals surface area (Å²) in [6.07, 6.45) is 4.02. The van der Waals surface area contributed by atoms with Gasteiger partial charge in [0.05, 0.1) is 5.69 Å². The molecule has 1 atom stereocenters. The minimum Gasteiger partial charge on any atom is -0.369 e. The van der Waals surface area contributed by atoms with E-state index in [9.17, 15) is 4.79 Å². The van der Waals surface area contributed by atoms with Crippen LogP contribution in [-0.2, 0) is 4.79 Å². The van der Waals surface area contributed by atoms with Crippen LogP contribution in [0, 0.1) is 12.8 Å². The van der Waals surface area contributed by atoms with Crippen LogP contribution in [0.2, 0.25) is 0 Å². The number of aromatic nitrogens is 2. The molecule has 0 spiro atoms. The molecule has 0 aliphatic carbocycles. The molecule has 6 heteroatoms. The van der Waals surface area contributed by atoms with Gasteiger partial charge in [0.2, 0.25) is 5.91 Å². The normalized spacial score (nSPS) is 23.5. The van der Waals surface area contributed by atoms with Crippen molar-refractivity contribution in [3.05, 3.63) is 17.6 Å². The summed E-state index contributed by atoms with van der Waals surface area (Å²) >= 11 is 0. The number of primary amides is 1. The lowest BCUT2D eigenvalue weighted by Crippen LogP contribution is -2.39. The maximum atomic E-state index is 11.3. The van der Waals surface area contributed by atoms with Crippen LogP contribution in [0.15, 0.2) is 6.07 Å². The van der Waals surface area contributed by atoms with E-state index in [1.165, 1.54) is 12.8 Å². The summed E-state index contributed by atoms with van der Waals surface area (Å²) < 4.78 is 0. The Morgan fingerprint density at radius 3 is 2.73 bits per heavy atom. The van der Waals surface area contributed by atoms with E-state index in [1.807, 2.05) is 6.92 Å². The van der Waals surface area contributed by atoms with E-state index in [4.69, 9.17) is 5.73 Å². The monoisotopic (exact) mass is 303 g/mol. The molecule has 3 N–H and O–H groups in total. The van der Waals surface area contributed by atoms with Gasteiger partial charge in [-0.2, -0.15) is 0 Å². The van der Waals surface area contributed by atoms with Crippen LogP contribution in [-0.4, -0.2) is 42.1 Å². The number of nitrogens with one attached hydrogen (secondary N) is 1. The standard InChI is InChI=1S/C16H25N5O/c1-11-19-14(13-3-2-6-18-10-13)9-15(20-11)21-7-4-12(5-8-21)16(17)22/h9,12-13,18H,2-8,10H2,1H3,(H2,17,22). The van der Waals surface area contributed by atoms with E-state index in [1.54, 1.807) is 0 Å². The Morgan fingerprint density at radius 2 is 2.09 bits per heavy atom. The highest BCUT2D eigenvalue weighted by atomic mass is 16.1. The fraction of sp³-hybridized carbons (Fsp3) is 0.688. The molecule has 1 aromatic rings. The number of hydrogen-bond acceptors (Lipinski definition) is 5. The second-order valence-electron chi connectivity index (χ2n) is 6.41. The third kappa shape index (κ3) is 3.38. The van der Waals surface area contributed by atoms with Crippen molar-refractivity contribution in [1.82, 2.24) is 15.3 Å². The third-order valence-electron chi connectivity index (χ3n) is 4.78. The Bertz CT molecular complexity index is 533. The number of nitrogens with zero attached hydrogens (tertiary/aromatic N) is 3. The highest BCUT2D eigenvalue weighted by molar-refractivity contribution is 5.76. The summed E-state index contributed by atoms with van der Waals surface area (Å²) in [4.78, 5) is 22.8. The molecule has 2 saturated heterocycles. The van der Waals surface area contributed by atoms with Crippen LogP contribution in [0.3, 0.4) is 0 Å². The first-order valence-electron chi connectivity index (χ1n) is 8.24. The van der Waals surface area contributed by atoms with Crippen molar-refractivity contribution in [2.75, 3.05) is 31.1 Å². The minimum atomic E-state index is -0.174. The Balaban J connectivity index is 1.74. The number of amides is 1. The number of carbonyl (C=O) groups excluding carboxylic acids is 1. The van der Waals surface area contributed by atoms with Crippen LogP contribution in [0.4, 0.5) is 5.82 Å². The fourth-order valence-electron chi connectivity index (χ4n) is 3.44. The number of piperidine rings is 2. The maximum Gasteiger partial charge on any atom is 0.220 e. The summed E-state index contributed by atoms with van der Waals surface area (Å²) in [5.41, 5.74) is 6.55. The van der Waals surface area contributed by atoms with Gasteiger partial charge >= 0.3 is 0 Å². The van der Waals surface area contributed by atoms with Crippen molar-refractivity contribution in [1.29, 1.82) is 0 Å². The lowest BCUT2D eigenvalue weighted by Gasteiger charge is -2.32. The van der Waals surface area contributed by atoms with E-state index in [0.717, 1.165) is 56.4 Å². The quantitative estimate of drug-likeness (QED) is 0.868. The van der Waals surface area contributed by atoms with Crippen molar-refractivity contribution >= 4 is 11.7 Å². The van der Waals surface area contributed by atoms with Crippen LogP contribution in [0.25, 0.3) is 0 Å². The zero-order valence-electron chi connectivity index (χ0n) is 13.2. The lowest BCUT2D eigenvalue weighted by atomic mass is 9.94. The largest absolute Gasteiger partial charge is 0.369 e. The average Bonchev–Trinajstić information content (AvgIpc) is 2.55. The van der Waals surface area contributed by atoms with Gasteiger partial charge in [0.1, 0.15) is 11.6 Å². The molecule has 1 aromatic heterocycles. The van der Waals surface area contributed by atoms with Gasteiger partial charge in [-0.15, -0.1) is 0 Å². The molecule has 2 fully saturated rings. The van der Waals surface area contributed by atoms with Gasteiger partial charge in [0, 0.05) is 37.5 Å². The summed E-state index contributed by atoms with van der Waals surface area (Å²) in [7, 11) is 0. The Labute approximate surface area is 131 Å². The van der Waals surface area contributed by atoms with E-state index in [-0.39, 0.29) is 11.8 Å². The zero-order chi connectivity index (χ0) is 15.5. The second kappa shape index (κ2) is 6.60. The molecule has 0 saturated carbocycles. The topological polar surface area (TPSA) is 84.1 Å². The minimum absolute atomic E-state index is 0.0150. The molecule has 3 heterocycles. The molecule has 22 heavy (non-hydrogen) atoms. The van der Waals surface area contributed by atoms with Crippen LogP contribution >= 0.6 is 0 Å². The molecular weight excluding hydrogens is 278 g/mol. The zero-order valence-corrected chi connectivity index (χ0v) is 13.2. The predicted molar refractivity (Wildman–Crippen MR) is 85.7 cm³/mol. The predicted octanol–water partition coefficient (Wildman–Crippen LogP) is 0.954. The first-order valence-corrected chi connectivity index (χ1v) is 8.24. The summed E-state index contributed by atoms with van der Waals surface area (Å²) in [6.45, 7) is 5.74. The van der Waals surface area contributed by atoms with Crippen LogP contribution in [0.1, 0.15) is 43.1 Å². The number of carbonyl (C=O) groups is 1. The molecule has 0 bridgehead atoms. The summed E-state index contributed by atoms with van der Waals surface area (Å²) in [6, 6.07) is 2.13. The molecule has 0 radical (unpaired) electrons. The van der Waals surface area contributed by atoms with E-state index >= 15 is 0 Å². The molecule has 1 amide bonds. The van der Waals surface area contributed by atoms with Crippen molar-refractivity contribution in [3.63, 3.8) is 0 Å². The first kappa shape index (κ1) is 15.2. The van der Waals surface area contributed by atoms with Crippen LogP contribution in [0.5, 0.6) is 0 Å². The lowest BCUT2D eigenvalue weighted by molar-refractivity contribution is -0.122. The van der Waals surface area contributed by atoms with Gasteiger partial charge in [0.15, 0.2) is 0 Å².